The Morgan fingerprint density at radius 1 is 0.357 bits per heavy atom. The van der Waals surface area contributed by atoms with Gasteiger partial charge in [-0.2, -0.15) is 0 Å². The van der Waals surface area contributed by atoms with Crippen LogP contribution in [0.1, 0.15) is 266 Å². The maximum atomic E-state index is 12.8. The standard InChI is InChI=1S/C50H96O6/c1-7-45(5)37-31-25-19-13-9-11-15-21-27-33-39-48(51)54-42-47(43-55-49(52)40-34-28-23-17-18-24-30-36-44(3)4)56-50(53)41-35-29-22-16-12-10-14-20-26-32-38-46(6)8-2/h44-47H,7-43H2,1-6H3/t45?,46?,47-/m0/s1. The molecule has 0 saturated carbocycles. The van der Waals surface area contributed by atoms with Gasteiger partial charge in [0.15, 0.2) is 6.10 Å². The predicted molar refractivity (Wildman–Crippen MR) is 238 cm³/mol. The van der Waals surface area contributed by atoms with E-state index in [4.69, 9.17) is 14.2 Å². The first-order valence-corrected chi connectivity index (χ1v) is 24.7. The minimum atomic E-state index is -0.763. The molecule has 0 aliphatic heterocycles. The van der Waals surface area contributed by atoms with Crippen molar-refractivity contribution in [2.45, 2.75) is 272 Å². The lowest BCUT2D eigenvalue weighted by Gasteiger charge is -2.18. The number of carbonyl (C=O) groups is 3. The summed E-state index contributed by atoms with van der Waals surface area (Å²) in [6.07, 6.45) is 39.4. The summed E-state index contributed by atoms with van der Waals surface area (Å²) >= 11 is 0. The highest BCUT2D eigenvalue weighted by Crippen LogP contribution is 2.18. The second-order valence-corrected chi connectivity index (χ2v) is 18.1. The maximum Gasteiger partial charge on any atom is 0.306 e. The van der Waals surface area contributed by atoms with Crippen molar-refractivity contribution in [1.82, 2.24) is 0 Å². The van der Waals surface area contributed by atoms with Crippen molar-refractivity contribution in [2.24, 2.45) is 17.8 Å². The number of hydrogen-bond acceptors (Lipinski definition) is 6. The third-order valence-electron chi connectivity index (χ3n) is 11.9. The molecule has 0 aliphatic rings. The highest BCUT2D eigenvalue weighted by atomic mass is 16.6. The molecule has 0 heterocycles. The van der Waals surface area contributed by atoms with Gasteiger partial charge in [0.25, 0.3) is 0 Å². The minimum absolute atomic E-state index is 0.0658. The molecule has 0 fully saturated rings. The third-order valence-corrected chi connectivity index (χ3v) is 11.9. The van der Waals surface area contributed by atoms with E-state index in [0.29, 0.717) is 19.3 Å². The zero-order chi connectivity index (χ0) is 41.3. The molecule has 3 atom stereocenters. The van der Waals surface area contributed by atoms with Gasteiger partial charge in [-0.3, -0.25) is 14.4 Å². The highest BCUT2D eigenvalue weighted by Gasteiger charge is 2.19. The van der Waals surface area contributed by atoms with Crippen molar-refractivity contribution in [1.29, 1.82) is 0 Å². The summed E-state index contributed by atoms with van der Waals surface area (Å²) in [6.45, 7) is 13.7. The minimum Gasteiger partial charge on any atom is -0.462 e. The molecule has 0 aliphatic carbocycles. The molecule has 0 aromatic heterocycles. The summed E-state index contributed by atoms with van der Waals surface area (Å²) in [6, 6.07) is 0. The van der Waals surface area contributed by atoms with Gasteiger partial charge < -0.3 is 14.2 Å². The van der Waals surface area contributed by atoms with Crippen LogP contribution in [0.2, 0.25) is 0 Å². The molecule has 0 spiro atoms. The monoisotopic (exact) mass is 793 g/mol. The Labute approximate surface area is 348 Å². The van der Waals surface area contributed by atoms with Crippen LogP contribution in [-0.4, -0.2) is 37.2 Å². The second-order valence-electron chi connectivity index (χ2n) is 18.1. The Balaban J connectivity index is 4.34. The molecule has 6 heteroatoms. The van der Waals surface area contributed by atoms with Gasteiger partial charge >= 0.3 is 17.9 Å². The quantitative estimate of drug-likeness (QED) is 0.0348. The summed E-state index contributed by atoms with van der Waals surface area (Å²) in [5.41, 5.74) is 0. The summed E-state index contributed by atoms with van der Waals surface area (Å²) in [4.78, 5) is 37.8. The smallest absolute Gasteiger partial charge is 0.306 e. The van der Waals surface area contributed by atoms with Crippen LogP contribution in [0.25, 0.3) is 0 Å². The Kier molecular flexibility index (Phi) is 40.4. The van der Waals surface area contributed by atoms with Crippen LogP contribution < -0.4 is 0 Å². The Bertz CT molecular complexity index is 872. The molecule has 0 rings (SSSR count). The predicted octanol–water partition coefficient (Wildman–Crippen LogP) is 15.6. The molecular weight excluding hydrogens is 697 g/mol. The van der Waals surface area contributed by atoms with Gasteiger partial charge in [-0.15, -0.1) is 0 Å². The fourth-order valence-corrected chi connectivity index (χ4v) is 7.34. The van der Waals surface area contributed by atoms with E-state index >= 15 is 0 Å². The van der Waals surface area contributed by atoms with Gasteiger partial charge in [0.1, 0.15) is 13.2 Å². The van der Waals surface area contributed by atoms with Gasteiger partial charge in [0, 0.05) is 19.3 Å². The van der Waals surface area contributed by atoms with Gasteiger partial charge in [-0.25, -0.2) is 0 Å². The van der Waals surface area contributed by atoms with Crippen LogP contribution in [0, 0.1) is 17.8 Å². The lowest BCUT2D eigenvalue weighted by Crippen LogP contribution is -2.30. The van der Waals surface area contributed by atoms with Crippen molar-refractivity contribution in [3.05, 3.63) is 0 Å². The number of esters is 3. The van der Waals surface area contributed by atoms with E-state index in [1.165, 1.54) is 148 Å². The molecule has 6 nitrogen and oxygen atoms in total. The van der Waals surface area contributed by atoms with Crippen LogP contribution >= 0.6 is 0 Å². The van der Waals surface area contributed by atoms with E-state index in [0.717, 1.165) is 75.5 Å². The van der Waals surface area contributed by atoms with Gasteiger partial charge in [0.2, 0.25) is 0 Å². The van der Waals surface area contributed by atoms with E-state index in [1.54, 1.807) is 0 Å². The molecule has 0 amide bonds. The van der Waals surface area contributed by atoms with Gasteiger partial charge in [-0.1, -0.05) is 228 Å². The number of ether oxygens (including phenoxy) is 3. The van der Waals surface area contributed by atoms with Crippen molar-refractivity contribution in [3.8, 4) is 0 Å². The summed E-state index contributed by atoms with van der Waals surface area (Å²) in [5, 5.41) is 0. The zero-order valence-corrected chi connectivity index (χ0v) is 38.4. The average Bonchev–Trinajstić information content (AvgIpc) is 3.18. The maximum absolute atomic E-state index is 12.8. The van der Waals surface area contributed by atoms with Crippen molar-refractivity contribution < 1.29 is 28.6 Å². The molecule has 332 valence electrons. The van der Waals surface area contributed by atoms with E-state index < -0.39 is 6.10 Å². The van der Waals surface area contributed by atoms with Crippen molar-refractivity contribution in [3.63, 3.8) is 0 Å². The second kappa shape index (κ2) is 41.6. The topological polar surface area (TPSA) is 78.9 Å². The van der Waals surface area contributed by atoms with E-state index in [1.807, 2.05) is 0 Å². The summed E-state index contributed by atoms with van der Waals surface area (Å²) < 4.78 is 16.8. The van der Waals surface area contributed by atoms with Crippen molar-refractivity contribution in [2.75, 3.05) is 13.2 Å². The molecule has 0 bridgehead atoms. The molecule has 0 aromatic rings. The third kappa shape index (κ3) is 40.6. The summed E-state index contributed by atoms with van der Waals surface area (Å²) in [7, 11) is 0. The number of carbonyl (C=O) groups excluding carboxylic acids is 3. The first-order valence-electron chi connectivity index (χ1n) is 24.7. The van der Waals surface area contributed by atoms with Crippen LogP contribution in [0.4, 0.5) is 0 Å². The number of rotatable bonds is 43. The molecule has 56 heavy (non-hydrogen) atoms. The van der Waals surface area contributed by atoms with Crippen LogP contribution in [0.5, 0.6) is 0 Å². The van der Waals surface area contributed by atoms with Crippen LogP contribution in [-0.2, 0) is 28.6 Å². The average molecular weight is 793 g/mol. The normalized spacial score (nSPS) is 13.1. The highest BCUT2D eigenvalue weighted by molar-refractivity contribution is 5.71. The molecular formula is C50H96O6. The van der Waals surface area contributed by atoms with E-state index in [2.05, 4.69) is 41.5 Å². The zero-order valence-electron chi connectivity index (χ0n) is 38.4. The largest absolute Gasteiger partial charge is 0.462 e. The lowest BCUT2D eigenvalue weighted by atomic mass is 9.99. The Hall–Kier alpha value is -1.59. The Morgan fingerprint density at radius 2 is 0.625 bits per heavy atom. The molecule has 0 saturated heterocycles. The lowest BCUT2D eigenvalue weighted by molar-refractivity contribution is -0.167. The number of hydrogen-bond donors (Lipinski definition) is 0. The number of unbranched alkanes of at least 4 members (excludes halogenated alkanes) is 24. The molecule has 2 unspecified atom stereocenters. The van der Waals surface area contributed by atoms with Crippen molar-refractivity contribution >= 4 is 17.9 Å². The molecule has 0 aromatic carbocycles. The summed E-state index contributed by atoms with van der Waals surface area (Å²) in [5.74, 6) is 1.66. The fourth-order valence-electron chi connectivity index (χ4n) is 7.34. The SMILES string of the molecule is CCC(C)CCCCCCCCCCCCC(=O)OC[C@@H](COC(=O)CCCCCCCCCC(C)C)OC(=O)CCCCCCCCCCCCC(C)CC. The van der Waals surface area contributed by atoms with Crippen LogP contribution in [0.15, 0.2) is 0 Å². The first kappa shape index (κ1) is 54.4. The fraction of sp³-hybridized carbons (Fsp3) is 0.940. The van der Waals surface area contributed by atoms with Gasteiger partial charge in [-0.05, 0) is 37.0 Å². The Morgan fingerprint density at radius 3 is 0.929 bits per heavy atom. The molecule has 0 radical (unpaired) electrons. The van der Waals surface area contributed by atoms with Crippen LogP contribution in [0.3, 0.4) is 0 Å². The molecule has 0 N–H and O–H groups in total. The van der Waals surface area contributed by atoms with E-state index in [-0.39, 0.29) is 31.1 Å². The van der Waals surface area contributed by atoms with Gasteiger partial charge in [0.05, 0.1) is 0 Å². The first-order chi connectivity index (χ1) is 27.2. The van der Waals surface area contributed by atoms with E-state index in [9.17, 15) is 14.4 Å².